The standard InChI is InChI=1S/C11H16O4.C5H8O4/c12-9(13)8-6-11(8,10(14)15)7-4-2-1-3-5-7;6-4(7)2-1-3-5(8)9/h7-8H,1-6H2,(H,12,13)(H,14,15);1-3H2,(H,6,7)(H,8,9). The van der Waals surface area contributed by atoms with Crippen LogP contribution in [0.1, 0.15) is 57.8 Å². The van der Waals surface area contributed by atoms with Crippen LogP contribution in [0.15, 0.2) is 0 Å². The average molecular weight is 344 g/mol. The Labute approximate surface area is 139 Å². The predicted octanol–water partition coefficient (Wildman–Crippen LogP) is 2.07. The number of hydrogen-bond donors (Lipinski definition) is 4. The van der Waals surface area contributed by atoms with E-state index < -0.39 is 35.2 Å². The summed E-state index contributed by atoms with van der Waals surface area (Å²) < 4.78 is 0. The Hall–Kier alpha value is -2.12. The van der Waals surface area contributed by atoms with Gasteiger partial charge in [-0.3, -0.25) is 19.2 Å². The summed E-state index contributed by atoms with van der Waals surface area (Å²) in [6, 6.07) is 0. The van der Waals surface area contributed by atoms with Crippen molar-refractivity contribution in [3.05, 3.63) is 0 Å². The Morgan fingerprint density at radius 1 is 0.833 bits per heavy atom. The summed E-state index contributed by atoms with van der Waals surface area (Å²) in [5.74, 6) is -4.29. The zero-order chi connectivity index (χ0) is 18.3. The maximum Gasteiger partial charge on any atom is 0.310 e. The minimum Gasteiger partial charge on any atom is -0.481 e. The van der Waals surface area contributed by atoms with Crippen LogP contribution in [0.3, 0.4) is 0 Å². The van der Waals surface area contributed by atoms with E-state index in [9.17, 15) is 24.3 Å². The molecule has 24 heavy (non-hydrogen) atoms. The van der Waals surface area contributed by atoms with Gasteiger partial charge in [0.1, 0.15) is 0 Å². The van der Waals surface area contributed by atoms with Gasteiger partial charge in [-0.2, -0.15) is 0 Å². The third kappa shape index (κ3) is 5.21. The second-order valence-corrected chi connectivity index (χ2v) is 6.42. The van der Waals surface area contributed by atoms with Crippen LogP contribution in [-0.2, 0) is 19.2 Å². The van der Waals surface area contributed by atoms with Crippen LogP contribution < -0.4 is 0 Å². The van der Waals surface area contributed by atoms with E-state index in [4.69, 9.17) is 15.3 Å². The van der Waals surface area contributed by atoms with Crippen molar-refractivity contribution in [1.82, 2.24) is 0 Å². The molecule has 0 spiro atoms. The molecule has 2 fully saturated rings. The number of carboxylic acids is 4. The van der Waals surface area contributed by atoms with E-state index >= 15 is 0 Å². The van der Waals surface area contributed by atoms with Crippen molar-refractivity contribution in [1.29, 1.82) is 0 Å². The van der Waals surface area contributed by atoms with Gasteiger partial charge in [-0.1, -0.05) is 19.3 Å². The molecule has 0 aromatic carbocycles. The molecule has 8 heteroatoms. The first-order valence-corrected chi connectivity index (χ1v) is 8.11. The van der Waals surface area contributed by atoms with Crippen LogP contribution in [0, 0.1) is 17.3 Å². The van der Waals surface area contributed by atoms with Crippen molar-refractivity contribution >= 4 is 23.9 Å². The van der Waals surface area contributed by atoms with Gasteiger partial charge in [-0.05, 0) is 31.6 Å². The molecular formula is C16H24O8. The number of hydrogen-bond acceptors (Lipinski definition) is 4. The van der Waals surface area contributed by atoms with Crippen LogP contribution in [-0.4, -0.2) is 44.3 Å². The van der Waals surface area contributed by atoms with Crippen molar-refractivity contribution in [3.8, 4) is 0 Å². The fourth-order valence-electron chi connectivity index (χ4n) is 3.46. The van der Waals surface area contributed by atoms with Crippen LogP contribution in [0.4, 0.5) is 0 Å². The Morgan fingerprint density at radius 2 is 1.33 bits per heavy atom. The minimum atomic E-state index is -0.948. The lowest BCUT2D eigenvalue weighted by Gasteiger charge is -2.27. The SMILES string of the molecule is O=C(O)C1CC1(C(=O)O)C1CCCCC1.O=C(O)CCCC(=O)O. The number of carboxylic acid groups (broad SMARTS) is 4. The van der Waals surface area contributed by atoms with E-state index in [2.05, 4.69) is 0 Å². The molecule has 0 bridgehead atoms. The fourth-order valence-corrected chi connectivity index (χ4v) is 3.46. The van der Waals surface area contributed by atoms with Gasteiger partial charge in [0.15, 0.2) is 0 Å². The Morgan fingerprint density at radius 3 is 1.67 bits per heavy atom. The topological polar surface area (TPSA) is 149 Å². The molecule has 0 aliphatic heterocycles. The highest BCUT2D eigenvalue weighted by Gasteiger charge is 2.67. The molecule has 2 aliphatic rings. The fraction of sp³-hybridized carbons (Fsp3) is 0.750. The highest BCUT2D eigenvalue weighted by atomic mass is 16.4. The maximum atomic E-state index is 11.2. The highest BCUT2D eigenvalue weighted by molar-refractivity contribution is 5.89. The first-order chi connectivity index (χ1) is 11.2. The van der Waals surface area contributed by atoms with E-state index in [1.165, 1.54) is 0 Å². The number of carbonyl (C=O) groups is 4. The summed E-state index contributed by atoms with van der Waals surface area (Å²) in [7, 11) is 0. The third-order valence-electron chi connectivity index (χ3n) is 4.81. The van der Waals surface area contributed by atoms with Crippen LogP contribution in [0.5, 0.6) is 0 Å². The van der Waals surface area contributed by atoms with Crippen LogP contribution in [0.2, 0.25) is 0 Å². The molecule has 0 heterocycles. The summed E-state index contributed by atoms with van der Waals surface area (Å²) in [4.78, 5) is 41.7. The van der Waals surface area contributed by atoms with Gasteiger partial charge in [0.25, 0.3) is 0 Å². The Bertz CT molecular complexity index is 480. The van der Waals surface area contributed by atoms with Gasteiger partial charge in [0.2, 0.25) is 0 Å². The van der Waals surface area contributed by atoms with Crippen LogP contribution >= 0.6 is 0 Å². The largest absolute Gasteiger partial charge is 0.481 e. The number of aliphatic carboxylic acids is 4. The van der Waals surface area contributed by atoms with E-state index in [1.54, 1.807) is 0 Å². The summed E-state index contributed by atoms with van der Waals surface area (Å²) >= 11 is 0. The van der Waals surface area contributed by atoms with Crippen molar-refractivity contribution < 1.29 is 39.6 Å². The summed E-state index contributed by atoms with van der Waals surface area (Å²) in [6.45, 7) is 0. The quantitative estimate of drug-likeness (QED) is 0.548. The second-order valence-electron chi connectivity index (χ2n) is 6.42. The third-order valence-corrected chi connectivity index (χ3v) is 4.81. The number of rotatable bonds is 7. The lowest BCUT2D eigenvalue weighted by Crippen LogP contribution is -2.31. The molecule has 0 saturated heterocycles. The molecule has 2 aliphatic carbocycles. The van der Waals surface area contributed by atoms with E-state index in [1.807, 2.05) is 0 Å². The molecule has 0 aromatic rings. The predicted molar refractivity (Wildman–Crippen MR) is 81.5 cm³/mol. The molecule has 2 saturated carbocycles. The van der Waals surface area contributed by atoms with Gasteiger partial charge >= 0.3 is 23.9 Å². The first kappa shape index (κ1) is 19.9. The van der Waals surface area contributed by atoms with Crippen molar-refractivity contribution in [3.63, 3.8) is 0 Å². The molecule has 8 nitrogen and oxygen atoms in total. The van der Waals surface area contributed by atoms with Gasteiger partial charge in [0.05, 0.1) is 11.3 Å². The van der Waals surface area contributed by atoms with Gasteiger partial charge < -0.3 is 20.4 Å². The molecule has 2 atom stereocenters. The molecule has 2 rings (SSSR count). The summed E-state index contributed by atoms with van der Waals surface area (Å²) in [5.41, 5.74) is -0.924. The maximum absolute atomic E-state index is 11.2. The zero-order valence-corrected chi connectivity index (χ0v) is 13.4. The average Bonchev–Trinajstić information content (AvgIpc) is 3.25. The zero-order valence-electron chi connectivity index (χ0n) is 13.4. The molecule has 136 valence electrons. The normalized spacial score (nSPS) is 25.9. The van der Waals surface area contributed by atoms with Gasteiger partial charge in [-0.15, -0.1) is 0 Å². The van der Waals surface area contributed by atoms with E-state index in [-0.39, 0.29) is 25.2 Å². The molecule has 0 amide bonds. The second kappa shape index (κ2) is 8.65. The van der Waals surface area contributed by atoms with E-state index in [0.29, 0.717) is 6.42 Å². The first-order valence-electron chi connectivity index (χ1n) is 8.11. The molecule has 0 aromatic heterocycles. The summed E-state index contributed by atoms with van der Waals surface area (Å²) in [6.07, 6.45) is 5.44. The van der Waals surface area contributed by atoms with Gasteiger partial charge in [-0.25, -0.2) is 0 Å². The summed E-state index contributed by atoms with van der Waals surface area (Å²) in [5, 5.41) is 34.2. The Balaban J connectivity index is 0.000000277. The lowest BCUT2D eigenvalue weighted by molar-refractivity contribution is -0.152. The van der Waals surface area contributed by atoms with Crippen molar-refractivity contribution in [2.24, 2.45) is 17.3 Å². The Kier molecular flexibility index (Phi) is 7.18. The highest BCUT2D eigenvalue weighted by Crippen LogP contribution is 2.61. The van der Waals surface area contributed by atoms with Gasteiger partial charge in [0, 0.05) is 12.8 Å². The molecular weight excluding hydrogens is 320 g/mol. The molecule has 0 radical (unpaired) electrons. The lowest BCUT2D eigenvalue weighted by atomic mass is 9.76. The smallest absolute Gasteiger partial charge is 0.310 e. The molecule has 2 unspecified atom stereocenters. The minimum absolute atomic E-state index is 0.0632. The van der Waals surface area contributed by atoms with Crippen molar-refractivity contribution in [2.75, 3.05) is 0 Å². The van der Waals surface area contributed by atoms with Crippen LogP contribution in [0.25, 0.3) is 0 Å². The molecule has 4 N–H and O–H groups in total. The van der Waals surface area contributed by atoms with E-state index in [0.717, 1.165) is 32.1 Å². The van der Waals surface area contributed by atoms with Crippen molar-refractivity contribution in [2.45, 2.75) is 57.8 Å². The monoisotopic (exact) mass is 344 g/mol.